The Balaban J connectivity index is 1.59. The summed E-state index contributed by atoms with van der Waals surface area (Å²) in [6.45, 7) is 6.03. The van der Waals surface area contributed by atoms with Crippen molar-refractivity contribution in [2.24, 2.45) is 0 Å². The van der Waals surface area contributed by atoms with Gasteiger partial charge in [0, 0.05) is 32.5 Å². The number of carboxylic acid groups (broad SMARTS) is 1. The van der Waals surface area contributed by atoms with Gasteiger partial charge in [-0.3, -0.25) is 19.2 Å². The SMILES string of the molecule is CCCCCCCCCCCCCC(=O)N1CCCC1C(=O)NCCCCC(NC(=O)C1CCCN1C(=O)CCCCCCCCCCCCC)C(=O)O. The monoisotopic (exact) mass is 761 g/mol. The highest BCUT2D eigenvalue weighted by Crippen LogP contribution is 2.22. The Hall–Kier alpha value is -2.65. The van der Waals surface area contributed by atoms with Crippen LogP contribution in [0, 0.1) is 0 Å². The van der Waals surface area contributed by atoms with Crippen LogP contribution in [0.3, 0.4) is 0 Å². The lowest BCUT2D eigenvalue weighted by molar-refractivity contribution is -0.144. The molecule has 0 aromatic heterocycles. The van der Waals surface area contributed by atoms with Gasteiger partial charge in [0.1, 0.15) is 18.1 Å². The maximum atomic E-state index is 13.2. The third-order valence-electron chi connectivity index (χ3n) is 11.6. The maximum Gasteiger partial charge on any atom is 0.326 e. The Bertz CT molecular complexity index is 1050. The molecule has 54 heavy (non-hydrogen) atoms. The molecule has 2 aliphatic heterocycles. The number of nitrogens with one attached hydrogen (secondary N) is 2. The van der Waals surface area contributed by atoms with Gasteiger partial charge in [-0.05, 0) is 57.8 Å². The molecule has 4 amide bonds. The Labute approximate surface area is 329 Å². The van der Waals surface area contributed by atoms with E-state index in [1.54, 1.807) is 9.80 Å². The first-order valence-electron chi connectivity index (χ1n) is 22.7. The second-order valence-corrected chi connectivity index (χ2v) is 16.2. The van der Waals surface area contributed by atoms with Gasteiger partial charge in [0.15, 0.2) is 0 Å². The quantitative estimate of drug-likeness (QED) is 0.0571. The van der Waals surface area contributed by atoms with Crippen molar-refractivity contribution in [1.29, 1.82) is 0 Å². The molecule has 0 aromatic carbocycles. The van der Waals surface area contributed by atoms with Crippen molar-refractivity contribution in [1.82, 2.24) is 20.4 Å². The molecule has 0 saturated carbocycles. The minimum Gasteiger partial charge on any atom is -0.480 e. The van der Waals surface area contributed by atoms with Crippen LogP contribution >= 0.6 is 0 Å². The molecule has 2 saturated heterocycles. The van der Waals surface area contributed by atoms with E-state index in [1.807, 2.05) is 0 Å². The normalized spacial score (nSPS) is 17.5. The molecule has 0 aliphatic carbocycles. The van der Waals surface area contributed by atoms with Crippen molar-refractivity contribution in [3.8, 4) is 0 Å². The number of hydrogen-bond donors (Lipinski definition) is 3. The molecule has 2 heterocycles. The summed E-state index contributed by atoms with van der Waals surface area (Å²) in [5.74, 6) is -1.56. The zero-order valence-electron chi connectivity index (χ0n) is 34.7. The molecule has 2 fully saturated rings. The number of nitrogens with zero attached hydrogens (tertiary/aromatic N) is 2. The van der Waals surface area contributed by atoms with Gasteiger partial charge in [0.25, 0.3) is 0 Å². The molecule has 0 bridgehead atoms. The van der Waals surface area contributed by atoms with Crippen LogP contribution in [0.25, 0.3) is 0 Å². The Kier molecular flexibility index (Phi) is 26.9. The van der Waals surface area contributed by atoms with E-state index in [0.29, 0.717) is 58.2 Å². The lowest BCUT2D eigenvalue weighted by atomic mass is 10.0. The fourth-order valence-electron chi connectivity index (χ4n) is 8.17. The molecule has 2 aliphatic rings. The summed E-state index contributed by atoms with van der Waals surface area (Å²) in [6.07, 6.45) is 32.0. The van der Waals surface area contributed by atoms with Crippen LogP contribution in [-0.4, -0.2) is 82.3 Å². The summed E-state index contributed by atoms with van der Waals surface area (Å²) in [4.78, 5) is 67.5. The van der Waals surface area contributed by atoms with Gasteiger partial charge in [0.2, 0.25) is 23.6 Å². The van der Waals surface area contributed by atoms with Crippen molar-refractivity contribution in [2.75, 3.05) is 19.6 Å². The summed E-state index contributed by atoms with van der Waals surface area (Å²) in [7, 11) is 0. The van der Waals surface area contributed by atoms with Crippen molar-refractivity contribution in [2.45, 2.75) is 231 Å². The number of unbranched alkanes of at least 4 members (excludes halogenated alkanes) is 21. The number of hydrogen-bond acceptors (Lipinski definition) is 5. The zero-order chi connectivity index (χ0) is 39.2. The molecule has 0 spiro atoms. The Morgan fingerprint density at radius 2 is 0.926 bits per heavy atom. The Morgan fingerprint density at radius 3 is 1.33 bits per heavy atom. The van der Waals surface area contributed by atoms with Crippen molar-refractivity contribution >= 4 is 29.6 Å². The average molecular weight is 761 g/mol. The minimum atomic E-state index is -1.10. The number of carbonyl (C=O) groups is 5. The molecule has 312 valence electrons. The predicted octanol–water partition coefficient (Wildman–Crippen LogP) is 9.23. The van der Waals surface area contributed by atoms with Crippen LogP contribution in [-0.2, 0) is 24.0 Å². The number of likely N-dealkylation sites (tertiary alicyclic amines) is 2. The van der Waals surface area contributed by atoms with Crippen LogP contribution in [0.15, 0.2) is 0 Å². The smallest absolute Gasteiger partial charge is 0.326 e. The van der Waals surface area contributed by atoms with E-state index in [4.69, 9.17) is 0 Å². The standard InChI is InChI=1S/C44H80N4O6/c1-3-5-7-9-11-13-15-17-19-21-23-32-40(49)47-35-27-30-38(47)42(51)45-34-26-25-29-37(44(53)54)46-43(52)39-31-28-36-48(39)41(50)33-24-22-20-18-16-14-12-10-8-6-4-2/h37-39H,3-36H2,1-2H3,(H,45,51)(H,46,52)(H,53,54). The number of rotatable bonds is 33. The fraction of sp³-hybridized carbons (Fsp3) is 0.886. The van der Waals surface area contributed by atoms with Crippen LogP contribution < -0.4 is 10.6 Å². The molecule has 0 radical (unpaired) electrons. The van der Waals surface area contributed by atoms with Gasteiger partial charge < -0.3 is 25.5 Å². The first-order chi connectivity index (χ1) is 26.3. The third-order valence-corrected chi connectivity index (χ3v) is 11.6. The van der Waals surface area contributed by atoms with Gasteiger partial charge in [-0.2, -0.15) is 0 Å². The van der Waals surface area contributed by atoms with Crippen molar-refractivity contribution < 1.29 is 29.1 Å². The Morgan fingerprint density at radius 1 is 0.537 bits per heavy atom. The molecule has 10 nitrogen and oxygen atoms in total. The second kappa shape index (κ2) is 30.6. The fourth-order valence-corrected chi connectivity index (χ4v) is 8.17. The van der Waals surface area contributed by atoms with E-state index in [1.165, 1.54) is 103 Å². The average Bonchev–Trinajstić information content (AvgIpc) is 3.86. The third kappa shape index (κ3) is 20.3. The zero-order valence-corrected chi connectivity index (χ0v) is 34.7. The highest BCUT2D eigenvalue weighted by Gasteiger charge is 2.36. The first-order valence-corrected chi connectivity index (χ1v) is 22.7. The van der Waals surface area contributed by atoms with Gasteiger partial charge in [-0.1, -0.05) is 142 Å². The number of amides is 4. The van der Waals surface area contributed by atoms with Crippen molar-refractivity contribution in [3.63, 3.8) is 0 Å². The number of carbonyl (C=O) groups excluding carboxylic acids is 4. The van der Waals surface area contributed by atoms with Crippen LogP contribution in [0.1, 0.15) is 213 Å². The predicted molar refractivity (Wildman–Crippen MR) is 218 cm³/mol. The summed E-state index contributed by atoms with van der Waals surface area (Å²) in [6, 6.07) is -2.09. The van der Waals surface area contributed by atoms with E-state index in [2.05, 4.69) is 24.5 Å². The summed E-state index contributed by atoms with van der Waals surface area (Å²) in [5.41, 5.74) is 0. The largest absolute Gasteiger partial charge is 0.480 e. The van der Waals surface area contributed by atoms with E-state index in [-0.39, 0.29) is 30.0 Å². The van der Waals surface area contributed by atoms with E-state index >= 15 is 0 Å². The van der Waals surface area contributed by atoms with Gasteiger partial charge in [-0.15, -0.1) is 0 Å². The molecule has 2 rings (SSSR count). The van der Waals surface area contributed by atoms with E-state index in [9.17, 15) is 29.1 Å². The molecule has 0 aromatic rings. The van der Waals surface area contributed by atoms with Gasteiger partial charge >= 0.3 is 5.97 Å². The van der Waals surface area contributed by atoms with Crippen molar-refractivity contribution in [3.05, 3.63) is 0 Å². The molecular formula is C44H80N4O6. The number of carboxylic acids is 1. The molecule has 3 atom stereocenters. The van der Waals surface area contributed by atoms with Crippen LogP contribution in [0.4, 0.5) is 0 Å². The number of aliphatic carboxylic acids is 1. The second-order valence-electron chi connectivity index (χ2n) is 16.2. The molecule has 3 unspecified atom stereocenters. The topological polar surface area (TPSA) is 136 Å². The van der Waals surface area contributed by atoms with Gasteiger partial charge in [0.05, 0.1) is 0 Å². The minimum absolute atomic E-state index is 0.0113. The summed E-state index contributed by atoms with van der Waals surface area (Å²) >= 11 is 0. The maximum absolute atomic E-state index is 13.2. The van der Waals surface area contributed by atoms with E-state index in [0.717, 1.165) is 51.4 Å². The van der Waals surface area contributed by atoms with Crippen LogP contribution in [0.2, 0.25) is 0 Å². The summed E-state index contributed by atoms with van der Waals surface area (Å²) in [5, 5.41) is 15.5. The lowest BCUT2D eigenvalue weighted by Crippen LogP contribution is -2.50. The highest BCUT2D eigenvalue weighted by atomic mass is 16.4. The highest BCUT2D eigenvalue weighted by molar-refractivity contribution is 5.91. The first kappa shape index (κ1) is 47.5. The summed E-state index contributed by atoms with van der Waals surface area (Å²) < 4.78 is 0. The molecular weight excluding hydrogens is 681 g/mol. The lowest BCUT2D eigenvalue weighted by Gasteiger charge is -2.26. The molecule has 3 N–H and O–H groups in total. The molecule has 10 heteroatoms. The van der Waals surface area contributed by atoms with Gasteiger partial charge in [-0.25, -0.2) is 4.79 Å². The van der Waals surface area contributed by atoms with Crippen LogP contribution in [0.5, 0.6) is 0 Å². The van der Waals surface area contributed by atoms with E-state index < -0.39 is 24.1 Å².